The standard InChI is InChI=1S/C6H13N3O2/c1-9(2)6(11)4-8-3-5(7)10/h8H,3-4H2,1-2H3,(H2,7,10). The summed E-state index contributed by atoms with van der Waals surface area (Å²) in [5, 5.41) is 2.60. The fraction of sp³-hybridized carbons (Fsp3) is 0.667. The van der Waals surface area contributed by atoms with Crippen molar-refractivity contribution in [3.63, 3.8) is 0 Å². The molecule has 0 aromatic rings. The van der Waals surface area contributed by atoms with Crippen LogP contribution in [-0.4, -0.2) is 43.9 Å². The van der Waals surface area contributed by atoms with Gasteiger partial charge in [-0.2, -0.15) is 0 Å². The molecule has 0 aliphatic carbocycles. The van der Waals surface area contributed by atoms with Gasteiger partial charge in [-0.1, -0.05) is 0 Å². The van der Waals surface area contributed by atoms with Gasteiger partial charge >= 0.3 is 0 Å². The van der Waals surface area contributed by atoms with E-state index in [0.29, 0.717) is 0 Å². The summed E-state index contributed by atoms with van der Waals surface area (Å²) in [6.45, 7) is 0.190. The number of carbonyl (C=O) groups excluding carboxylic acids is 2. The van der Waals surface area contributed by atoms with Crippen LogP contribution in [0, 0.1) is 0 Å². The van der Waals surface area contributed by atoms with E-state index in [1.54, 1.807) is 14.1 Å². The molecule has 0 aromatic carbocycles. The molecule has 5 heteroatoms. The van der Waals surface area contributed by atoms with Crippen molar-refractivity contribution in [3.8, 4) is 0 Å². The predicted octanol–water partition coefficient (Wildman–Crippen LogP) is -1.85. The summed E-state index contributed by atoms with van der Waals surface area (Å²) in [5.41, 5.74) is 4.83. The molecule has 0 atom stereocenters. The molecular weight excluding hydrogens is 146 g/mol. The summed E-state index contributed by atoms with van der Waals surface area (Å²) in [7, 11) is 3.29. The maximum absolute atomic E-state index is 10.8. The van der Waals surface area contributed by atoms with Crippen LogP contribution in [0.5, 0.6) is 0 Å². The summed E-state index contributed by atoms with van der Waals surface area (Å²) in [6, 6.07) is 0. The third-order valence-corrected chi connectivity index (χ3v) is 1.07. The molecule has 0 saturated heterocycles. The number of nitrogens with one attached hydrogen (secondary N) is 1. The van der Waals surface area contributed by atoms with Crippen molar-refractivity contribution in [2.45, 2.75) is 0 Å². The molecule has 0 fully saturated rings. The summed E-state index contributed by atoms with van der Waals surface area (Å²) in [4.78, 5) is 22.5. The van der Waals surface area contributed by atoms with Crippen LogP contribution < -0.4 is 11.1 Å². The van der Waals surface area contributed by atoms with Gasteiger partial charge in [0.2, 0.25) is 11.8 Å². The van der Waals surface area contributed by atoms with Gasteiger partial charge in [0, 0.05) is 14.1 Å². The van der Waals surface area contributed by atoms with E-state index in [1.165, 1.54) is 4.90 Å². The maximum atomic E-state index is 10.8. The Morgan fingerprint density at radius 1 is 1.36 bits per heavy atom. The first-order chi connectivity index (χ1) is 5.04. The van der Waals surface area contributed by atoms with Gasteiger partial charge in [0.05, 0.1) is 13.1 Å². The van der Waals surface area contributed by atoms with E-state index in [2.05, 4.69) is 5.32 Å². The van der Waals surface area contributed by atoms with Gasteiger partial charge < -0.3 is 10.6 Å². The van der Waals surface area contributed by atoms with Crippen LogP contribution in [-0.2, 0) is 9.59 Å². The van der Waals surface area contributed by atoms with Crippen molar-refractivity contribution < 1.29 is 9.59 Å². The monoisotopic (exact) mass is 159 g/mol. The topological polar surface area (TPSA) is 75.4 Å². The van der Waals surface area contributed by atoms with Crippen molar-refractivity contribution in [2.24, 2.45) is 5.73 Å². The molecule has 0 aliphatic rings. The lowest BCUT2D eigenvalue weighted by atomic mass is 10.5. The zero-order valence-electron chi connectivity index (χ0n) is 6.76. The zero-order chi connectivity index (χ0) is 8.85. The second kappa shape index (κ2) is 4.68. The van der Waals surface area contributed by atoms with E-state index >= 15 is 0 Å². The molecule has 0 rings (SSSR count). The Kier molecular flexibility index (Phi) is 4.21. The Hall–Kier alpha value is -1.10. The fourth-order valence-corrected chi connectivity index (χ4v) is 0.451. The minimum Gasteiger partial charge on any atom is -0.369 e. The van der Waals surface area contributed by atoms with Crippen LogP contribution in [0.2, 0.25) is 0 Å². The van der Waals surface area contributed by atoms with Gasteiger partial charge in [-0.15, -0.1) is 0 Å². The molecule has 0 aliphatic heterocycles. The second-order valence-corrected chi connectivity index (χ2v) is 2.36. The highest BCUT2D eigenvalue weighted by atomic mass is 16.2. The highest BCUT2D eigenvalue weighted by Gasteiger charge is 2.02. The molecule has 0 heterocycles. The van der Waals surface area contributed by atoms with Crippen LogP contribution in [0.25, 0.3) is 0 Å². The summed E-state index contributed by atoms with van der Waals surface area (Å²) < 4.78 is 0. The summed E-state index contributed by atoms with van der Waals surface area (Å²) >= 11 is 0. The molecule has 0 saturated carbocycles. The normalized spacial score (nSPS) is 9.27. The van der Waals surface area contributed by atoms with Gasteiger partial charge in [-0.25, -0.2) is 0 Å². The Bertz CT molecular complexity index is 156. The van der Waals surface area contributed by atoms with E-state index in [4.69, 9.17) is 5.73 Å². The highest BCUT2D eigenvalue weighted by molar-refractivity contribution is 5.79. The van der Waals surface area contributed by atoms with Crippen molar-refractivity contribution in [3.05, 3.63) is 0 Å². The zero-order valence-corrected chi connectivity index (χ0v) is 6.76. The van der Waals surface area contributed by atoms with E-state index in [1.807, 2.05) is 0 Å². The van der Waals surface area contributed by atoms with Crippen molar-refractivity contribution in [2.75, 3.05) is 27.2 Å². The molecule has 0 unspecified atom stereocenters. The first-order valence-electron chi connectivity index (χ1n) is 3.23. The van der Waals surface area contributed by atoms with Crippen LogP contribution in [0.15, 0.2) is 0 Å². The van der Waals surface area contributed by atoms with Crippen LogP contribution in [0.1, 0.15) is 0 Å². The van der Waals surface area contributed by atoms with Gasteiger partial charge in [0.1, 0.15) is 0 Å². The smallest absolute Gasteiger partial charge is 0.236 e. The number of nitrogens with two attached hydrogens (primary N) is 1. The second-order valence-electron chi connectivity index (χ2n) is 2.36. The van der Waals surface area contributed by atoms with E-state index in [-0.39, 0.29) is 19.0 Å². The average Bonchev–Trinajstić information content (AvgIpc) is 1.86. The average molecular weight is 159 g/mol. The van der Waals surface area contributed by atoms with Crippen molar-refractivity contribution in [1.82, 2.24) is 10.2 Å². The van der Waals surface area contributed by atoms with Gasteiger partial charge in [-0.05, 0) is 0 Å². The Morgan fingerprint density at radius 2 is 1.91 bits per heavy atom. The first kappa shape index (κ1) is 9.90. The number of hydrogen-bond donors (Lipinski definition) is 2. The van der Waals surface area contributed by atoms with Gasteiger partial charge in [0.25, 0.3) is 0 Å². The summed E-state index contributed by atoms with van der Waals surface area (Å²) in [5.74, 6) is -0.539. The third kappa shape index (κ3) is 5.35. The minimum absolute atomic E-state index is 0.0412. The largest absolute Gasteiger partial charge is 0.369 e. The molecule has 0 spiro atoms. The molecule has 0 radical (unpaired) electrons. The Balaban J connectivity index is 3.39. The first-order valence-corrected chi connectivity index (χ1v) is 3.23. The number of hydrogen-bond acceptors (Lipinski definition) is 3. The van der Waals surface area contributed by atoms with Gasteiger partial charge in [0.15, 0.2) is 0 Å². The van der Waals surface area contributed by atoms with Crippen molar-refractivity contribution in [1.29, 1.82) is 0 Å². The number of likely N-dealkylation sites (N-methyl/N-ethyl adjacent to an activating group) is 1. The summed E-state index contributed by atoms with van der Waals surface area (Å²) in [6.07, 6.45) is 0. The number of carbonyl (C=O) groups is 2. The van der Waals surface area contributed by atoms with Crippen LogP contribution in [0.3, 0.4) is 0 Å². The van der Waals surface area contributed by atoms with E-state index < -0.39 is 5.91 Å². The highest BCUT2D eigenvalue weighted by Crippen LogP contribution is 1.74. The molecule has 2 amide bonds. The number of primary amides is 1. The SMILES string of the molecule is CN(C)C(=O)CNCC(N)=O. The number of rotatable bonds is 4. The lowest BCUT2D eigenvalue weighted by Crippen LogP contribution is -2.37. The van der Waals surface area contributed by atoms with Crippen molar-refractivity contribution >= 4 is 11.8 Å². The Morgan fingerprint density at radius 3 is 2.27 bits per heavy atom. The molecule has 11 heavy (non-hydrogen) atoms. The van der Waals surface area contributed by atoms with Gasteiger partial charge in [-0.3, -0.25) is 14.9 Å². The minimum atomic E-state index is -0.462. The predicted molar refractivity (Wildman–Crippen MR) is 40.8 cm³/mol. The molecule has 64 valence electrons. The number of amides is 2. The number of nitrogens with zero attached hydrogens (tertiary/aromatic N) is 1. The molecule has 0 bridgehead atoms. The maximum Gasteiger partial charge on any atom is 0.236 e. The van der Waals surface area contributed by atoms with Crippen LogP contribution >= 0.6 is 0 Å². The lowest BCUT2D eigenvalue weighted by molar-refractivity contribution is -0.127. The quantitative estimate of drug-likeness (QED) is 0.505. The fourth-order valence-electron chi connectivity index (χ4n) is 0.451. The van der Waals surface area contributed by atoms with Crippen LogP contribution in [0.4, 0.5) is 0 Å². The Labute approximate surface area is 65.5 Å². The molecule has 0 aromatic heterocycles. The van der Waals surface area contributed by atoms with E-state index in [9.17, 15) is 9.59 Å². The third-order valence-electron chi connectivity index (χ3n) is 1.07. The lowest BCUT2D eigenvalue weighted by Gasteiger charge is -2.09. The van der Waals surface area contributed by atoms with E-state index in [0.717, 1.165) is 0 Å². The molecule has 5 nitrogen and oxygen atoms in total. The molecule has 3 N–H and O–H groups in total. The molecular formula is C6H13N3O2.